The first-order chi connectivity index (χ1) is 3.29. The smallest absolute Gasteiger partial charge is 0.264 e. The van der Waals surface area contributed by atoms with Gasteiger partial charge in [-0.1, -0.05) is 0 Å². The predicted molar refractivity (Wildman–Crippen MR) is 29.5 cm³/mol. The molecule has 7 heavy (non-hydrogen) atoms. The fourth-order valence-corrected chi connectivity index (χ4v) is 1.04. The summed E-state index contributed by atoms with van der Waals surface area (Å²) in [4.78, 5) is 12.6. The number of amides is 2. The van der Waals surface area contributed by atoms with Crippen LogP contribution in [0.3, 0.4) is 0 Å². The van der Waals surface area contributed by atoms with Gasteiger partial charge >= 0.3 is 6.03 Å². The molecule has 0 spiro atoms. The molecule has 0 radical (unpaired) electrons. The first kappa shape index (κ1) is 4.95. The zero-order valence-electron chi connectivity index (χ0n) is 3.22. The minimum Gasteiger partial charge on any atom is -0.264 e. The van der Waals surface area contributed by atoms with E-state index in [2.05, 4.69) is 26.2 Å². The van der Waals surface area contributed by atoms with Crippen LogP contribution in [0.25, 0.3) is 0 Å². The molecule has 1 heterocycles. The Labute approximate surface area is 47.5 Å². The van der Waals surface area contributed by atoms with Gasteiger partial charge in [-0.15, -0.1) is 0 Å². The maximum absolute atomic E-state index is 10.1. The number of hydrogen-bond acceptors (Lipinski definition) is 2. The summed E-state index contributed by atoms with van der Waals surface area (Å²) in [7, 11) is -0.580. The fraction of sp³-hybridized carbons (Fsp3) is 0. The molecule has 0 saturated carbocycles. The van der Waals surface area contributed by atoms with Gasteiger partial charge in [-0.05, 0) is 11.2 Å². The molecule has 4 nitrogen and oxygen atoms in total. The highest BCUT2D eigenvalue weighted by Gasteiger charge is 2.08. The largest absolute Gasteiger partial charge is 0.341 e. The second-order valence-electron chi connectivity index (χ2n) is 0.927. The van der Waals surface area contributed by atoms with Gasteiger partial charge in [-0.2, -0.15) is 4.83 Å². The molecule has 0 aromatic carbocycles. The van der Waals surface area contributed by atoms with E-state index in [9.17, 15) is 4.79 Å². The summed E-state index contributed by atoms with van der Waals surface area (Å²) < 4.78 is 2.40. The third-order valence-corrected chi connectivity index (χ3v) is 1.60. The first-order valence-electron chi connectivity index (χ1n) is 1.53. The molecule has 1 fully saturated rings. The molecule has 0 aromatic heterocycles. The topological polar surface area (TPSA) is 53.2 Å². The van der Waals surface area contributed by atoms with Crippen LogP contribution in [0, 0.1) is 0 Å². The second kappa shape index (κ2) is 1.73. The normalized spacial score (nSPS) is 29.1. The summed E-state index contributed by atoms with van der Waals surface area (Å²) in [5, 5.41) is 0. The van der Waals surface area contributed by atoms with E-state index in [-0.39, 0.29) is 6.03 Å². The van der Waals surface area contributed by atoms with Crippen LogP contribution in [0.5, 0.6) is 0 Å². The van der Waals surface area contributed by atoms with Crippen LogP contribution >= 0.6 is 0 Å². The average Bonchev–Trinajstić information content (AvgIpc) is 1.87. The van der Waals surface area contributed by atoms with Gasteiger partial charge in [0.25, 0.3) is 0 Å². The summed E-state index contributed by atoms with van der Waals surface area (Å²) in [5.41, 5.74) is 2.28. The fourth-order valence-electron chi connectivity index (χ4n) is 0.228. The third-order valence-electron chi connectivity index (χ3n) is 0.443. The number of hydrazine groups is 1. The van der Waals surface area contributed by atoms with E-state index in [1.165, 1.54) is 0 Å². The summed E-state index contributed by atoms with van der Waals surface area (Å²) in [5.74, 6) is 0. The van der Waals surface area contributed by atoms with Gasteiger partial charge in [0.05, 0.1) is 9.83 Å². The summed E-state index contributed by atoms with van der Waals surface area (Å²) in [6.07, 6.45) is 0. The lowest BCUT2D eigenvalue weighted by molar-refractivity contribution is 0.248. The quantitative estimate of drug-likeness (QED) is 0.389. The van der Waals surface area contributed by atoms with Crippen molar-refractivity contribution < 1.29 is 4.79 Å². The van der Waals surface area contributed by atoms with E-state index in [4.69, 9.17) is 0 Å². The van der Waals surface area contributed by atoms with Crippen LogP contribution in [0.1, 0.15) is 0 Å². The number of carbonyl (C=O) groups excluding carboxylic acids is 1. The maximum atomic E-state index is 10.1. The van der Waals surface area contributed by atoms with Crippen LogP contribution in [0.15, 0.2) is 0 Å². The average molecular weight is 137 g/mol. The van der Waals surface area contributed by atoms with Crippen LogP contribution in [0.2, 0.25) is 0 Å². The van der Waals surface area contributed by atoms with Crippen molar-refractivity contribution in [1.82, 2.24) is 15.0 Å². The second-order valence-corrected chi connectivity index (χ2v) is 2.87. The third kappa shape index (κ3) is 1.08. The molecule has 0 aliphatic carbocycles. The van der Waals surface area contributed by atoms with E-state index in [0.717, 1.165) is 0 Å². The van der Waals surface area contributed by atoms with Gasteiger partial charge in [0, 0.05) is 0 Å². The molecule has 1 aliphatic heterocycles. The zero-order chi connectivity index (χ0) is 5.28. The molecule has 1 unspecified atom stereocenters. The number of carbonyl (C=O) groups is 1. The van der Waals surface area contributed by atoms with Crippen molar-refractivity contribution in [3.63, 3.8) is 0 Å². The van der Waals surface area contributed by atoms with Crippen molar-refractivity contribution in [2.24, 2.45) is 0 Å². The highest BCUT2D eigenvalue weighted by molar-refractivity contribution is 8.27. The molecule has 3 N–H and O–H groups in total. The molecule has 2 amide bonds. The van der Waals surface area contributed by atoms with E-state index in [0.29, 0.717) is 0 Å². The van der Waals surface area contributed by atoms with Crippen LogP contribution in [-0.4, -0.2) is 6.03 Å². The number of urea groups is 1. The lowest BCUT2D eigenvalue weighted by atomic mass is 11.2. The monoisotopic (exact) mass is 137 g/mol. The van der Waals surface area contributed by atoms with Gasteiger partial charge in [0.2, 0.25) is 0 Å². The molecular weight excluding hydrogens is 134 g/mol. The Kier molecular flexibility index (Phi) is 1.22. The Hall–Kier alpha value is -0.200. The van der Waals surface area contributed by atoms with Crippen molar-refractivity contribution in [2.45, 2.75) is 0 Å². The Bertz CT molecular complexity index is 108. The van der Waals surface area contributed by atoms with E-state index in [1.807, 2.05) is 0 Å². The Balaban J connectivity index is 2.55. The van der Waals surface area contributed by atoms with Crippen LogP contribution < -0.4 is 15.0 Å². The SMILES string of the molecule is O=C1NNS(=S)N1. The predicted octanol–water partition coefficient (Wildman–Crippen LogP) is -1.29. The summed E-state index contributed by atoms with van der Waals surface area (Å²) >= 11 is 4.60. The Morgan fingerprint density at radius 2 is 2.43 bits per heavy atom. The van der Waals surface area contributed by atoms with Gasteiger partial charge in [0.15, 0.2) is 0 Å². The zero-order valence-corrected chi connectivity index (χ0v) is 4.86. The summed E-state index contributed by atoms with van der Waals surface area (Å²) in [6.45, 7) is 0. The molecule has 0 bridgehead atoms. The molecule has 1 aliphatic rings. The molecule has 1 atom stereocenters. The van der Waals surface area contributed by atoms with Gasteiger partial charge in [-0.25, -0.2) is 4.79 Å². The molecule has 40 valence electrons. The standard InChI is InChI=1S/CH3N3OS2/c5-1-2-4-7(6)3-1/h4H,(H2,2,3,5). The molecular formula is CH3N3OS2. The van der Waals surface area contributed by atoms with E-state index >= 15 is 0 Å². The Morgan fingerprint density at radius 1 is 1.71 bits per heavy atom. The first-order valence-corrected chi connectivity index (χ1v) is 3.68. The Morgan fingerprint density at radius 3 is 2.57 bits per heavy atom. The van der Waals surface area contributed by atoms with Gasteiger partial charge in [-0.3, -0.25) is 10.1 Å². The van der Waals surface area contributed by atoms with Crippen molar-refractivity contribution in [2.75, 3.05) is 0 Å². The van der Waals surface area contributed by atoms with Crippen molar-refractivity contribution in [3.05, 3.63) is 0 Å². The van der Waals surface area contributed by atoms with Crippen molar-refractivity contribution in [3.8, 4) is 0 Å². The van der Waals surface area contributed by atoms with Crippen molar-refractivity contribution >= 4 is 27.0 Å². The summed E-state index contributed by atoms with van der Waals surface area (Å²) in [6, 6.07) is -0.252. The van der Waals surface area contributed by atoms with Crippen LogP contribution in [0.4, 0.5) is 4.79 Å². The van der Waals surface area contributed by atoms with E-state index in [1.54, 1.807) is 0 Å². The maximum Gasteiger partial charge on any atom is 0.341 e. The number of rotatable bonds is 0. The number of nitrogens with one attached hydrogen (secondary N) is 3. The highest BCUT2D eigenvalue weighted by atomic mass is 32.8. The van der Waals surface area contributed by atoms with Crippen LogP contribution in [-0.2, 0) is 21.0 Å². The lowest BCUT2D eigenvalue weighted by Gasteiger charge is -1.82. The van der Waals surface area contributed by atoms with Crippen molar-refractivity contribution in [1.29, 1.82) is 0 Å². The minimum absolute atomic E-state index is 0.252. The van der Waals surface area contributed by atoms with E-state index < -0.39 is 9.83 Å². The molecule has 6 heteroatoms. The van der Waals surface area contributed by atoms with Gasteiger partial charge < -0.3 is 0 Å². The highest BCUT2D eigenvalue weighted by Crippen LogP contribution is 1.73. The lowest BCUT2D eigenvalue weighted by Crippen LogP contribution is -2.25. The minimum atomic E-state index is -0.580. The molecule has 1 rings (SSSR count). The van der Waals surface area contributed by atoms with Gasteiger partial charge in [0.1, 0.15) is 0 Å². The molecule has 0 aromatic rings. The molecule has 1 saturated heterocycles. The number of hydrogen-bond donors (Lipinski definition) is 3.